The third kappa shape index (κ3) is 4.02. The molecule has 7 nitrogen and oxygen atoms in total. The first-order valence-electron chi connectivity index (χ1n) is 10.6. The lowest BCUT2D eigenvalue weighted by Gasteiger charge is -2.55. The first kappa shape index (κ1) is 21.6. The Hall–Kier alpha value is -2.58. The first-order chi connectivity index (χ1) is 14.7. The quantitative estimate of drug-likeness (QED) is 0.660. The van der Waals surface area contributed by atoms with Gasteiger partial charge in [0.1, 0.15) is 5.75 Å². The van der Waals surface area contributed by atoms with Crippen LogP contribution in [0.5, 0.6) is 5.75 Å². The number of likely N-dealkylation sites (tertiary alicyclic amines) is 1. The van der Waals surface area contributed by atoms with Gasteiger partial charge in [-0.3, -0.25) is 0 Å². The number of amides is 2. The molecule has 8 heteroatoms. The molecule has 166 valence electrons. The van der Waals surface area contributed by atoms with Crippen molar-refractivity contribution in [3.63, 3.8) is 0 Å². The Bertz CT molecular complexity index is 1070. The zero-order valence-electron chi connectivity index (χ0n) is 17.8. The molecule has 2 aromatic rings. The van der Waals surface area contributed by atoms with Gasteiger partial charge in [0.05, 0.1) is 4.90 Å². The van der Waals surface area contributed by atoms with Crippen molar-refractivity contribution >= 4 is 16.1 Å². The number of nitrogens with zero attached hydrogens (tertiary/aromatic N) is 1. The maximum atomic E-state index is 12.4. The second-order valence-electron chi connectivity index (χ2n) is 8.71. The summed E-state index contributed by atoms with van der Waals surface area (Å²) in [4.78, 5) is 14.8. The number of piperidine rings is 1. The van der Waals surface area contributed by atoms with Crippen molar-refractivity contribution in [3.8, 4) is 5.75 Å². The highest BCUT2D eigenvalue weighted by Crippen LogP contribution is 2.51. The van der Waals surface area contributed by atoms with Crippen LogP contribution in [0, 0.1) is 5.92 Å². The Morgan fingerprint density at radius 3 is 2.71 bits per heavy atom. The van der Waals surface area contributed by atoms with Crippen molar-refractivity contribution in [2.24, 2.45) is 5.92 Å². The zero-order chi connectivity index (χ0) is 22.2. The second-order valence-corrected chi connectivity index (χ2v) is 10.4. The van der Waals surface area contributed by atoms with Crippen molar-refractivity contribution < 1.29 is 18.3 Å². The predicted octanol–water partition coefficient (Wildman–Crippen LogP) is 2.60. The highest BCUT2D eigenvalue weighted by Gasteiger charge is 2.50. The number of phenols is 1. The van der Waals surface area contributed by atoms with Gasteiger partial charge in [-0.1, -0.05) is 31.2 Å². The van der Waals surface area contributed by atoms with Crippen molar-refractivity contribution in [2.75, 3.05) is 20.1 Å². The van der Waals surface area contributed by atoms with E-state index in [2.05, 4.69) is 28.9 Å². The van der Waals surface area contributed by atoms with E-state index in [4.69, 9.17) is 0 Å². The molecule has 0 spiro atoms. The van der Waals surface area contributed by atoms with Gasteiger partial charge < -0.3 is 15.3 Å². The molecule has 1 aliphatic heterocycles. The number of hydrogen-bond donors (Lipinski definition) is 3. The molecule has 0 aromatic heterocycles. The summed E-state index contributed by atoms with van der Waals surface area (Å²) in [5.74, 6) is 0.598. The van der Waals surface area contributed by atoms with Crippen molar-refractivity contribution in [3.05, 3.63) is 59.7 Å². The average Bonchev–Trinajstić information content (AvgIpc) is 2.73. The molecule has 4 rings (SSSR count). The van der Waals surface area contributed by atoms with E-state index in [-0.39, 0.29) is 16.1 Å². The van der Waals surface area contributed by atoms with Crippen LogP contribution in [0.15, 0.2) is 53.4 Å². The van der Waals surface area contributed by atoms with Gasteiger partial charge in [0.2, 0.25) is 0 Å². The summed E-state index contributed by atoms with van der Waals surface area (Å²) < 4.78 is 26.8. The fourth-order valence-electron chi connectivity index (χ4n) is 5.37. The van der Waals surface area contributed by atoms with Crippen LogP contribution in [-0.2, 0) is 21.9 Å². The highest BCUT2D eigenvalue weighted by molar-refractivity contribution is 7.90. The van der Waals surface area contributed by atoms with Crippen LogP contribution in [0.25, 0.3) is 0 Å². The van der Waals surface area contributed by atoms with E-state index in [1.807, 2.05) is 12.1 Å². The number of carbonyl (C=O) groups excluding carboxylic acids is 1. The number of aromatic hydroxyl groups is 1. The number of hydrogen-bond acceptors (Lipinski definition) is 5. The first-order valence-corrected chi connectivity index (χ1v) is 12.1. The van der Waals surface area contributed by atoms with Gasteiger partial charge in [0.15, 0.2) is 0 Å². The molecule has 2 aromatic carbocycles. The number of nitrogens with one attached hydrogen (secondary N) is 2. The Balaban J connectivity index is 1.48. The number of benzene rings is 2. The number of rotatable bonds is 5. The van der Waals surface area contributed by atoms with Gasteiger partial charge in [-0.2, -0.15) is 0 Å². The third-order valence-electron chi connectivity index (χ3n) is 7.12. The zero-order valence-corrected chi connectivity index (χ0v) is 18.7. The minimum absolute atomic E-state index is 0.0483. The monoisotopic (exact) mass is 443 g/mol. The number of phenolic OH excluding ortho intramolecular Hbond substituents is 1. The molecule has 1 unspecified atom stereocenters. The summed E-state index contributed by atoms with van der Waals surface area (Å²) in [7, 11) is -1.76. The van der Waals surface area contributed by atoms with Crippen LogP contribution in [0.3, 0.4) is 0 Å². The Morgan fingerprint density at radius 2 is 1.97 bits per heavy atom. The molecular formula is C23H29N3O4S. The smallest absolute Gasteiger partial charge is 0.328 e. The summed E-state index contributed by atoms with van der Waals surface area (Å²) in [6, 6.07) is 13.1. The molecule has 1 saturated heterocycles. The summed E-state index contributed by atoms with van der Waals surface area (Å²) in [5.41, 5.74) is 2.22. The molecule has 3 N–H and O–H groups in total. The molecule has 1 fully saturated rings. The minimum Gasteiger partial charge on any atom is -0.508 e. The van der Waals surface area contributed by atoms with E-state index in [1.165, 1.54) is 17.7 Å². The minimum atomic E-state index is -3.91. The fourth-order valence-corrected chi connectivity index (χ4v) is 6.32. The molecule has 0 radical (unpaired) electrons. The van der Waals surface area contributed by atoms with Crippen LogP contribution in [0.4, 0.5) is 4.79 Å². The van der Waals surface area contributed by atoms with Crippen molar-refractivity contribution in [1.29, 1.82) is 0 Å². The molecule has 2 aliphatic rings. The number of likely N-dealkylation sites (N-methyl/N-ethyl adjacent to an activating group) is 1. The van der Waals surface area contributed by atoms with Gasteiger partial charge >= 0.3 is 6.03 Å². The van der Waals surface area contributed by atoms with Crippen LogP contribution >= 0.6 is 0 Å². The third-order valence-corrected chi connectivity index (χ3v) is 8.47. The molecule has 0 saturated carbocycles. The lowest BCUT2D eigenvalue weighted by Crippen LogP contribution is -2.58. The van der Waals surface area contributed by atoms with Gasteiger partial charge in [-0.25, -0.2) is 17.9 Å². The standard InChI is InChI=1S/C23H29N3O4S/c1-16-21-14-17-8-9-18(27)15-20(17)23(16,11-13-26(21)2)10-12-24-22(28)25-31(29,30)19-6-4-3-5-7-19/h3-9,15-16,21,27H,10-14H2,1-2H3,(H2,24,25,28)/t16-,21+,23?/m0/s1. The van der Waals surface area contributed by atoms with Crippen LogP contribution in [0.2, 0.25) is 0 Å². The molecule has 2 amide bonds. The number of fused-ring (bicyclic) bond motifs is 4. The average molecular weight is 444 g/mol. The fraction of sp³-hybridized carbons (Fsp3) is 0.435. The lowest BCUT2D eigenvalue weighted by atomic mass is 9.56. The Morgan fingerprint density at radius 1 is 1.23 bits per heavy atom. The number of carbonyl (C=O) groups is 1. The molecule has 1 aliphatic carbocycles. The predicted molar refractivity (Wildman–Crippen MR) is 118 cm³/mol. The van der Waals surface area contributed by atoms with Gasteiger partial charge in [0.25, 0.3) is 10.0 Å². The van der Waals surface area contributed by atoms with E-state index in [0.717, 1.165) is 24.9 Å². The summed E-state index contributed by atoms with van der Waals surface area (Å²) in [5, 5.41) is 12.9. The van der Waals surface area contributed by atoms with Crippen molar-refractivity contribution in [1.82, 2.24) is 14.9 Å². The maximum Gasteiger partial charge on any atom is 0.328 e. The Labute approximate surface area is 183 Å². The number of sulfonamides is 1. The Kier molecular flexibility index (Phi) is 5.70. The van der Waals surface area contributed by atoms with E-state index < -0.39 is 16.1 Å². The second kappa shape index (κ2) is 8.16. The largest absolute Gasteiger partial charge is 0.508 e. The van der Waals surface area contributed by atoms with Gasteiger partial charge in [-0.15, -0.1) is 0 Å². The topological polar surface area (TPSA) is 98.7 Å². The molecular weight excluding hydrogens is 414 g/mol. The van der Waals surface area contributed by atoms with Crippen LogP contribution in [-0.4, -0.2) is 50.6 Å². The summed E-state index contributed by atoms with van der Waals surface area (Å²) >= 11 is 0. The van der Waals surface area contributed by atoms with Crippen molar-refractivity contribution in [2.45, 2.75) is 42.5 Å². The number of urea groups is 1. The highest BCUT2D eigenvalue weighted by atomic mass is 32.2. The van der Waals surface area contributed by atoms with E-state index in [1.54, 1.807) is 24.3 Å². The van der Waals surface area contributed by atoms with Gasteiger partial charge in [-0.05, 0) is 74.2 Å². The van der Waals surface area contributed by atoms with E-state index in [0.29, 0.717) is 24.9 Å². The molecule has 31 heavy (non-hydrogen) atoms. The van der Waals surface area contributed by atoms with E-state index >= 15 is 0 Å². The maximum absolute atomic E-state index is 12.4. The lowest BCUT2D eigenvalue weighted by molar-refractivity contribution is 0.0363. The summed E-state index contributed by atoms with van der Waals surface area (Å²) in [6.45, 7) is 3.53. The van der Waals surface area contributed by atoms with Gasteiger partial charge in [0, 0.05) is 18.0 Å². The molecule has 2 bridgehead atoms. The van der Waals surface area contributed by atoms with E-state index in [9.17, 15) is 18.3 Å². The van der Waals surface area contributed by atoms with Crippen LogP contribution in [0.1, 0.15) is 30.9 Å². The van der Waals surface area contributed by atoms with Crippen LogP contribution < -0.4 is 10.0 Å². The normalized spacial score (nSPS) is 25.5. The molecule has 3 atom stereocenters. The molecule has 1 heterocycles. The SMILES string of the molecule is C[C@H]1[C@H]2Cc3ccc(O)cc3C1(CCNC(=O)NS(=O)(=O)c1ccccc1)CCN2C. The summed E-state index contributed by atoms with van der Waals surface area (Å²) in [6.07, 6.45) is 2.54.